The van der Waals surface area contributed by atoms with E-state index >= 15 is 4.39 Å². The number of aromatic amines is 1. The van der Waals surface area contributed by atoms with Crippen LogP contribution in [0.2, 0.25) is 0 Å². The number of amides is 1. The zero-order valence-electron chi connectivity index (χ0n) is 22.2. The van der Waals surface area contributed by atoms with Gasteiger partial charge in [-0.15, -0.1) is 0 Å². The number of nitrogens with zero attached hydrogens (tertiary/aromatic N) is 3. The Morgan fingerprint density at radius 3 is 2.35 bits per heavy atom. The van der Waals surface area contributed by atoms with Crippen molar-refractivity contribution in [2.24, 2.45) is 0 Å². The predicted octanol–water partition coefficient (Wildman–Crippen LogP) is -3.18. The maximum Gasteiger partial charge on any atom is 1.00 e. The number of carbonyl (C=O) groups excluding carboxylic acids is 1. The second kappa shape index (κ2) is 15.8. The Morgan fingerprint density at radius 2 is 1.86 bits per heavy atom. The van der Waals surface area contributed by atoms with E-state index in [2.05, 4.69) is 30.6 Å². The largest absolute Gasteiger partial charge is 1.00 e. The van der Waals surface area contributed by atoms with Crippen molar-refractivity contribution >= 4 is 32.0 Å². The molecule has 10 nitrogen and oxygen atoms in total. The molecule has 1 aromatic carbocycles. The van der Waals surface area contributed by atoms with Crippen LogP contribution in [0.1, 0.15) is 63.8 Å². The molecule has 4 rings (SSSR count). The Kier molecular flexibility index (Phi) is 14.6. The molecule has 1 saturated carbocycles. The molecule has 0 unspecified atom stereocenters. The van der Waals surface area contributed by atoms with Gasteiger partial charge in [0.25, 0.3) is 0 Å². The Hall–Kier alpha value is -0.720. The molecule has 190 valence electrons. The molecule has 2 aromatic heterocycles. The Balaban J connectivity index is 0.000000895. The number of anilines is 1. The molecule has 0 saturated heterocycles. The Bertz CT molecular complexity index is 1140. The third kappa shape index (κ3) is 8.63. The minimum absolute atomic E-state index is 0. The maximum absolute atomic E-state index is 15.7. The second-order valence-electron chi connectivity index (χ2n) is 8.66. The Labute approximate surface area is 261 Å². The van der Waals surface area contributed by atoms with Gasteiger partial charge < -0.3 is 29.9 Å². The van der Waals surface area contributed by atoms with Gasteiger partial charge in [-0.2, -0.15) is 8.60 Å². The first kappa shape index (κ1) is 34.3. The fourth-order valence-corrected chi connectivity index (χ4v) is 4.61. The van der Waals surface area contributed by atoms with Crippen LogP contribution < -0.4 is 79.5 Å². The van der Waals surface area contributed by atoms with E-state index in [1.54, 1.807) is 27.0 Å². The van der Waals surface area contributed by atoms with Crippen molar-refractivity contribution in [1.29, 1.82) is 0 Å². The third-order valence-electron chi connectivity index (χ3n) is 5.84. The average molecular weight is 550 g/mol. The number of fused-ring (bicyclic) bond motifs is 1. The van der Waals surface area contributed by atoms with Crippen molar-refractivity contribution < 1.29 is 82.6 Å². The van der Waals surface area contributed by atoms with Crippen LogP contribution in [0.15, 0.2) is 18.5 Å². The summed E-state index contributed by atoms with van der Waals surface area (Å²) in [6.07, 6.45) is 7.69. The molecule has 1 amide bonds. The van der Waals surface area contributed by atoms with Crippen LogP contribution in [0, 0.1) is 5.82 Å². The van der Waals surface area contributed by atoms with Crippen molar-refractivity contribution in [3.63, 3.8) is 0 Å². The van der Waals surface area contributed by atoms with Gasteiger partial charge in [0, 0.05) is 42.7 Å². The van der Waals surface area contributed by atoms with Crippen molar-refractivity contribution in [2.75, 3.05) is 18.9 Å². The van der Waals surface area contributed by atoms with Gasteiger partial charge in [0.15, 0.2) is 5.82 Å². The van der Waals surface area contributed by atoms with E-state index in [1.807, 2.05) is 6.92 Å². The standard InChI is InChI=1S/C20H23FN5O3P.C3H7NO.2Na/c1-20(2,29-30(27)28)18-23-9-12(10-24-18)13-8-14-17(26-19(22-3)25-14)15(16(13)21)11-6-4-5-7-11;1-2-4-3-5;;/h8-11H,4-7H2,1-3H3,(H2,22,25,26);3H,2H2,1H3,(H,4,5);;/q-2;;2*+1. The summed E-state index contributed by atoms with van der Waals surface area (Å²) < 4.78 is 20.6. The zero-order chi connectivity index (χ0) is 25.6. The topological polar surface area (TPSA) is 151 Å². The molecule has 1 fully saturated rings. The van der Waals surface area contributed by atoms with Crippen LogP contribution in [0.5, 0.6) is 0 Å². The van der Waals surface area contributed by atoms with Gasteiger partial charge in [0.2, 0.25) is 12.4 Å². The minimum Gasteiger partial charge on any atom is -0.820 e. The molecule has 2 heterocycles. The first-order chi connectivity index (χ1) is 16.7. The van der Waals surface area contributed by atoms with E-state index in [4.69, 9.17) is 4.52 Å². The molecular weight excluding hydrogens is 520 g/mol. The van der Waals surface area contributed by atoms with E-state index in [9.17, 15) is 14.6 Å². The van der Waals surface area contributed by atoms with Crippen LogP contribution in [0.3, 0.4) is 0 Å². The van der Waals surface area contributed by atoms with Crippen molar-refractivity contribution in [2.45, 2.75) is 58.0 Å². The van der Waals surface area contributed by atoms with Gasteiger partial charge in [0.05, 0.1) is 11.0 Å². The molecule has 14 heteroatoms. The number of halogens is 1. The number of H-pyrrole nitrogens is 1. The predicted molar refractivity (Wildman–Crippen MR) is 129 cm³/mol. The summed E-state index contributed by atoms with van der Waals surface area (Å²) in [6.45, 7) is 5.71. The molecule has 1 aliphatic rings. The molecule has 0 radical (unpaired) electrons. The molecule has 0 bridgehead atoms. The summed E-state index contributed by atoms with van der Waals surface area (Å²) in [5, 5.41) is 5.41. The molecule has 0 aliphatic heterocycles. The number of imidazole rings is 1. The molecular formula is C23H30FN6Na2O4P. The van der Waals surface area contributed by atoms with Gasteiger partial charge in [-0.05, 0) is 45.6 Å². The quantitative estimate of drug-likeness (QED) is 0.151. The summed E-state index contributed by atoms with van der Waals surface area (Å²) in [4.78, 5) is 47.4. The number of hydrogen-bond donors (Lipinski definition) is 3. The first-order valence-corrected chi connectivity index (χ1v) is 12.5. The molecule has 0 spiro atoms. The van der Waals surface area contributed by atoms with E-state index in [0.717, 1.165) is 37.7 Å². The summed E-state index contributed by atoms with van der Waals surface area (Å²) in [5.41, 5.74) is 1.70. The van der Waals surface area contributed by atoms with Gasteiger partial charge in [-0.25, -0.2) is 19.3 Å². The number of carbonyl (C=O) groups is 1. The zero-order valence-corrected chi connectivity index (χ0v) is 27.1. The molecule has 3 aromatic rings. The Morgan fingerprint density at radius 1 is 1.24 bits per heavy atom. The number of benzene rings is 1. The van der Waals surface area contributed by atoms with E-state index in [0.29, 0.717) is 34.6 Å². The number of aromatic nitrogens is 4. The molecule has 3 N–H and O–H groups in total. The van der Waals surface area contributed by atoms with Gasteiger partial charge >= 0.3 is 59.1 Å². The van der Waals surface area contributed by atoms with Crippen LogP contribution >= 0.6 is 8.60 Å². The number of nitrogens with one attached hydrogen (secondary N) is 3. The maximum atomic E-state index is 15.7. The summed E-state index contributed by atoms with van der Waals surface area (Å²) in [6, 6.07) is 1.71. The monoisotopic (exact) mass is 550 g/mol. The van der Waals surface area contributed by atoms with Crippen LogP contribution in [0.25, 0.3) is 22.2 Å². The van der Waals surface area contributed by atoms with Gasteiger partial charge in [0.1, 0.15) is 11.4 Å². The number of hydrogen-bond acceptors (Lipinski definition) is 8. The van der Waals surface area contributed by atoms with Crippen molar-refractivity contribution in [3.8, 4) is 11.1 Å². The van der Waals surface area contributed by atoms with Crippen molar-refractivity contribution in [1.82, 2.24) is 25.3 Å². The fourth-order valence-electron chi connectivity index (χ4n) is 4.16. The summed E-state index contributed by atoms with van der Waals surface area (Å²) >= 11 is 0. The van der Waals surface area contributed by atoms with Crippen molar-refractivity contribution in [3.05, 3.63) is 35.7 Å². The van der Waals surface area contributed by atoms with E-state index in [-0.39, 0.29) is 76.7 Å². The molecule has 0 atom stereocenters. The van der Waals surface area contributed by atoms with Gasteiger partial charge in [-0.1, -0.05) is 12.8 Å². The minimum atomic E-state index is -3.05. The first-order valence-electron chi connectivity index (χ1n) is 11.4. The molecule has 37 heavy (non-hydrogen) atoms. The van der Waals surface area contributed by atoms with E-state index < -0.39 is 14.2 Å². The smallest absolute Gasteiger partial charge is 0.820 e. The fraction of sp³-hybridized carbons (Fsp3) is 0.478. The van der Waals surface area contributed by atoms with Crippen LogP contribution in [-0.2, 0) is 14.9 Å². The molecule has 1 aliphatic carbocycles. The average Bonchev–Trinajstić information content (AvgIpc) is 3.49. The summed E-state index contributed by atoms with van der Waals surface area (Å²) in [5.74, 6) is 0.597. The SMILES string of the molecule is CCNC=O.CNc1nc2c(C3CCCC3)c(F)c(-c3cnc(C(C)(C)OP([O-])[O-])nc3)cc2[nH]1.[Na+].[Na+]. The second-order valence-corrected chi connectivity index (χ2v) is 9.29. The van der Waals surface area contributed by atoms with Gasteiger partial charge in [-0.3, -0.25) is 4.79 Å². The normalized spacial score (nSPS) is 13.4. The van der Waals surface area contributed by atoms with Crippen LogP contribution in [0.4, 0.5) is 10.3 Å². The summed E-state index contributed by atoms with van der Waals surface area (Å²) in [7, 11) is -1.29. The van der Waals surface area contributed by atoms with Crippen LogP contribution in [-0.4, -0.2) is 39.9 Å². The van der Waals surface area contributed by atoms with E-state index in [1.165, 1.54) is 12.4 Å². The third-order valence-corrected chi connectivity index (χ3v) is 6.45. The number of rotatable bonds is 8.